The van der Waals surface area contributed by atoms with Crippen molar-refractivity contribution in [2.24, 2.45) is 0 Å². The second-order valence-electron chi connectivity index (χ2n) is 9.05. The van der Waals surface area contributed by atoms with E-state index in [1.54, 1.807) is 37.3 Å². The highest BCUT2D eigenvalue weighted by Gasteiger charge is 2.51. The van der Waals surface area contributed by atoms with Crippen molar-refractivity contribution in [3.63, 3.8) is 0 Å². The number of ether oxygens (including phenoxy) is 2. The lowest BCUT2D eigenvalue weighted by molar-refractivity contribution is -0.139. The van der Waals surface area contributed by atoms with Crippen molar-refractivity contribution >= 4 is 21.6 Å². The number of aryl methyl sites for hydroxylation is 1. The second-order valence-corrected chi connectivity index (χ2v) is 10.9. The van der Waals surface area contributed by atoms with Crippen molar-refractivity contribution in [2.75, 3.05) is 19.2 Å². The number of hydrogen-bond donors (Lipinski definition) is 2. The van der Waals surface area contributed by atoms with Crippen molar-refractivity contribution in [2.45, 2.75) is 36.3 Å². The number of amides is 1. The van der Waals surface area contributed by atoms with E-state index in [0.717, 1.165) is 24.7 Å². The third kappa shape index (κ3) is 4.53. The molecule has 2 N–H and O–H groups in total. The molecule has 3 aromatic rings. The van der Waals surface area contributed by atoms with E-state index in [1.165, 1.54) is 6.07 Å². The summed E-state index contributed by atoms with van der Waals surface area (Å²) in [5, 5.41) is 2.90. The van der Waals surface area contributed by atoms with E-state index < -0.39 is 32.1 Å². The Labute approximate surface area is 211 Å². The number of sulfonamides is 1. The Hall–Kier alpha value is -3.57. The van der Waals surface area contributed by atoms with Crippen LogP contribution >= 0.6 is 0 Å². The van der Waals surface area contributed by atoms with Gasteiger partial charge in [0.05, 0.1) is 15.9 Å². The third-order valence-corrected chi connectivity index (χ3v) is 8.23. The maximum Gasteiger partial charge on any atom is 0.417 e. The van der Waals surface area contributed by atoms with Gasteiger partial charge in [0.2, 0.25) is 22.7 Å². The Morgan fingerprint density at radius 2 is 1.70 bits per heavy atom. The number of fused-ring (bicyclic) bond motifs is 1. The molecule has 11 heteroatoms. The normalized spacial score (nSPS) is 15.9. The lowest BCUT2D eigenvalue weighted by atomic mass is 9.94. The summed E-state index contributed by atoms with van der Waals surface area (Å²) in [7, 11) is -3.28. The first-order valence-electron chi connectivity index (χ1n) is 11.4. The van der Waals surface area contributed by atoms with Crippen molar-refractivity contribution < 1.29 is 35.9 Å². The summed E-state index contributed by atoms with van der Waals surface area (Å²) < 4.78 is 78.4. The van der Waals surface area contributed by atoms with Gasteiger partial charge in [-0.05, 0) is 85.5 Å². The molecule has 1 aliphatic carbocycles. The Bertz CT molecular complexity index is 1520. The van der Waals surface area contributed by atoms with Crippen molar-refractivity contribution in [1.29, 1.82) is 0 Å². The van der Waals surface area contributed by atoms with Crippen molar-refractivity contribution in [3.05, 3.63) is 71.3 Å². The topological polar surface area (TPSA) is 93.7 Å². The SMILES string of the molecule is CNS(=O)(=O)c1ccc(-c2cc(NC(=O)C3(c4ccc5c(c4)OCO5)CC3)ccc2C)cc1C(F)(F)F. The zero-order valence-corrected chi connectivity index (χ0v) is 20.7. The van der Waals surface area contributed by atoms with Crippen LogP contribution in [-0.2, 0) is 26.4 Å². The number of anilines is 1. The number of alkyl halides is 3. The minimum Gasteiger partial charge on any atom is -0.454 e. The fourth-order valence-corrected chi connectivity index (χ4v) is 5.42. The predicted molar refractivity (Wildman–Crippen MR) is 130 cm³/mol. The van der Waals surface area contributed by atoms with E-state index in [4.69, 9.17) is 9.47 Å². The fraction of sp³-hybridized carbons (Fsp3) is 0.269. The number of rotatable bonds is 6. The minimum atomic E-state index is -4.89. The molecule has 7 nitrogen and oxygen atoms in total. The van der Waals surface area contributed by atoms with E-state index in [-0.39, 0.29) is 18.3 Å². The molecule has 1 aliphatic heterocycles. The molecule has 1 amide bonds. The van der Waals surface area contributed by atoms with Crippen LogP contribution in [0.5, 0.6) is 11.5 Å². The van der Waals surface area contributed by atoms with Crippen LogP contribution in [0.25, 0.3) is 11.1 Å². The van der Waals surface area contributed by atoms with Gasteiger partial charge in [-0.2, -0.15) is 13.2 Å². The molecule has 5 rings (SSSR count). The average molecular weight is 533 g/mol. The number of benzene rings is 3. The molecule has 0 radical (unpaired) electrons. The zero-order chi connectivity index (χ0) is 26.6. The number of nitrogens with one attached hydrogen (secondary N) is 2. The fourth-order valence-electron chi connectivity index (χ4n) is 4.49. The molecule has 194 valence electrons. The first-order valence-corrected chi connectivity index (χ1v) is 12.9. The standard InChI is InChI=1S/C26H23F3N2O5S/c1-15-3-6-18(31-24(32)25(9-10-25)17-5-7-21-22(12-17)36-14-35-21)13-19(15)16-4-8-23(37(33,34)30-2)20(11-16)26(27,28)29/h3-8,11-13,30H,9-10,14H2,1-2H3,(H,31,32). The van der Waals surface area contributed by atoms with Gasteiger partial charge >= 0.3 is 6.18 Å². The van der Waals surface area contributed by atoms with Crippen LogP contribution in [0.1, 0.15) is 29.5 Å². The van der Waals surface area contributed by atoms with Gasteiger partial charge in [-0.3, -0.25) is 4.79 Å². The van der Waals surface area contributed by atoms with Crippen LogP contribution in [0.4, 0.5) is 18.9 Å². The first kappa shape index (κ1) is 25.1. The summed E-state index contributed by atoms with van der Waals surface area (Å²) >= 11 is 0. The summed E-state index contributed by atoms with van der Waals surface area (Å²) in [5.41, 5.74) is 0.493. The molecule has 37 heavy (non-hydrogen) atoms. The first-order chi connectivity index (χ1) is 17.4. The number of halogens is 3. The Morgan fingerprint density at radius 1 is 0.973 bits per heavy atom. The van der Waals surface area contributed by atoms with Gasteiger partial charge in [0.1, 0.15) is 0 Å². The molecular weight excluding hydrogens is 509 g/mol. The van der Waals surface area contributed by atoms with Gasteiger partial charge < -0.3 is 14.8 Å². The van der Waals surface area contributed by atoms with Crippen LogP contribution in [0.15, 0.2) is 59.5 Å². The molecule has 0 atom stereocenters. The van der Waals surface area contributed by atoms with Gasteiger partial charge in [0.25, 0.3) is 0 Å². The lowest BCUT2D eigenvalue weighted by Crippen LogP contribution is -2.27. The molecular formula is C26H23F3N2O5S. The molecule has 1 heterocycles. The molecule has 1 saturated carbocycles. The Morgan fingerprint density at radius 3 is 2.38 bits per heavy atom. The summed E-state index contributed by atoms with van der Waals surface area (Å²) in [4.78, 5) is 12.4. The molecule has 0 aromatic heterocycles. The molecule has 3 aromatic carbocycles. The van der Waals surface area contributed by atoms with Crippen molar-refractivity contribution in [1.82, 2.24) is 4.72 Å². The van der Waals surface area contributed by atoms with E-state index in [9.17, 15) is 26.4 Å². The monoisotopic (exact) mass is 532 g/mol. The average Bonchev–Trinajstić information content (AvgIpc) is 3.55. The lowest BCUT2D eigenvalue weighted by Gasteiger charge is -2.18. The van der Waals surface area contributed by atoms with Gasteiger partial charge in [-0.1, -0.05) is 18.2 Å². The second kappa shape index (κ2) is 8.77. The molecule has 1 fully saturated rings. The van der Waals surface area contributed by atoms with E-state index in [0.29, 0.717) is 41.2 Å². The largest absolute Gasteiger partial charge is 0.454 e. The molecule has 0 saturated heterocycles. The minimum absolute atomic E-state index is 0.127. The van der Waals surface area contributed by atoms with E-state index in [2.05, 4.69) is 5.32 Å². The van der Waals surface area contributed by atoms with Gasteiger partial charge in [0.15, 0.2) is 11.5 Å². The Kier molecular flexibility index (Phi) is 5.95. The maximum absolute atomic E-state index is 13.8. The molecule has 2 aliphatic rings. The van der Waals surface area contributed by atoms with Crippen molar-refractivity contribution in [3.8, 4) is 22.6 Å². The summed E-state index contributed by atoms with van der Waals surface area (Å²) in [6.07, 6.45) is -3.60. The number of hydrogen-bond acceptors (Lipinski definition) is 5. The third-order valence-electron chi connectivity index (χ3n) is 6.76. The van der Waals surface area contributed by atoms with Crippen LogP contribution in [0.2, 0.25) is 0 Å². The van der Waals surface area contributed by atoms with E-state index >= 15 is 0 Å². The summed E-state index contributed by atoms with van der Waals surface area (Å²) in [6.45, 7) is 1.85. The van der Waals surface area contributed by atoms with Gasteiger partial charge in [-0.25, -0.2) is 13.1 Å². The Balaban J connectivity index is 1.46. The zero-order valence-electron chi connectivity index (χ0n) is 19.9. The van der Waals surface area contributed by atoms with Gasteiger partial charge in [-0.15, -0.1) is 0 Å². The highest BCUT2D eigenvalue weighted by Crippen LogP contribution is 2.51. The predicted octanol–water partition coefficient (Wildman–Crippen LogP) is 4.99. The van der Waals surface area contributed by atoms with Crippen LogP contribution in [0, 0.1) is 6.92 Å². The van der Waals surface area contributed by atoms with Crippen LogP contribution < -0.4 is 19.5 Å². The van der Waals surface area contributed by atoms with Crippen LogP contribution in [0.3, 0.4) is 0 Å². The molecule has 0 unspecified atom stereocenters. The number of carbonyl (C=O) groups excluding carboxylic acids is 1. The quantitative estimate of drug-likeness (QED) is 0.467. The highest BCUT2D eigenvalue weighted by molar-refractivity contribution is 7.89. The van der Waals surface area contributed by atoms with Crippen LogP contribution in [-0.4, -0.2) is 28.2 Å². The van der Waals surface area contributed by atoms with E-state index in [1.807, 2.05) is 10.8 Å². The highest BCUT2D eigenvalue weighted by atomic mass is 32.2. The maximum atomic E-state index is 13.8. The molecule has 0 spiro atoms. The molecule has 0 bridgehead atoms. The van der Waals surface area contributed by atoms with Gasteiger partial charge in [0, 0.05) is 5.69 Å². The summed E-state index contributed by atoms with van der Waals surface area (Å²) in [6, 6.07) is 13.4. The smallest absolute Gasteiger partial charge is 0.417 e. The number of carbonyl (C=O) groups is 1. The summed E-state index contributed by atoms with van der Waals surface area (Å²) in [5.74, 6) is 0.973.